The maximum atomic E-state index is 12.4. The first kappa shape index (κ1) is 17.7. The molecular weight excluding hydrogens is 401 g/mol. The molecule has 6 heteroatoms. The van der Waals surface area contributed by atoms with Crippen molar-refractivity contribution in [3.63, 3.8) is 0 Å². The summed E-state index contributed by atoms with van der Waals surface area (Å²) in [5, 5.41) is 3.73. The molecule has 3 nitrogen and oxygen atoms in total. The Morgan fingerprint density at radius 1 is 1.13 bits per heavy atom. The minimum atomic E-state index is -0.403. The van der Waals surface area contributed by atoms with Crippen molar-refractivity contribution in [1.29, 1.82) is 0 Å². The Labute approximate surface area is 152 Å². The lowest BCUT2D eigenvalue weighted by atomic mass is 10.1. The van der Waals surface area contributed by atoms with E-state index < -0.39 is 5.78 Å². The summed E-state index contributed by atoms with van der Waals surface area (Å²) in [5.74, 6) is -0.403. The summed E-state index contributed by atoms with van der Waals surface area (Å²) >= 11 is 15.1. The second kappa shape index (κ2) is 7.77. The molecule has 0 spiro atoms. The van der Waals surface area contributed by atoms with Crippen LogP contribution in [0.15, 0.2) is 51.7 Å². The van der Waals surface area contributed by atoms with Gasteiger partial charge in [0.05, 0.1) is 11.3 Å². The van der Waals surface area contributed by atoms with Gasteiger partial charge in [-0.05, 0) is 48.0 Å². The van der Waals surface area contributed by atoms with Crippen LogP contribution in [0, 0.1) is 0 Å². The number of rotatable bonds is 4. The molecule has 0 aromatic heterocycles. The molecule has 0 saturated heterocycles. The van der Waals surface area contributed by atoms with E-state index in [0.29, 0.717) is 25.8 Å². The van der Waals surface area contributed by atoms with Crippen LogP contribution in [0.1, 0.15) is 15.9 Å². The minimum Gasteiger partial charge on any atom is -0.385 e. The van der Waals surface area contributed by atoms with Crippen molar-refractivity contribution in [2.45, 2.75) is 0 Å². The van der Waals surface area contributed by atoms with E-state index in [1.807, 2.05) is 0 Å². The third-order valence-corrected chi connectivity index (χ3v) is 3.96. The van der Waals surface area contributed by atoms with Gasteiger partial charge in [0.1, 0.15) is 0 Å². The van der Waals surface area contributed by atoms with Crippen molar-refractivity contribution in [3.05, 3.63) is 78.3 Å². The fraction of sp³-hybridized carbons (Fsp3) is 0.0588. The lowest BCUT2D eigenvalue weighted by molar-refractivity contribution is 0.104. The molecule has 0 fully saturated rings. The lowest BCUT2D eigenvalue weighted by Crippen LogP contribution is -2.14. The minimum absolute atomic E-state index is 0.0654. The molecule has 0 aliphatic heterocycles. The van der Waals surface area contributed by atoms with E-state index in [2.05, 4.69) is 21.2 Å². The molecule has 118 valence electrons. The highest BCUT2D eigenvalue weighted by atomic mass is 79.9. The Morgan fingerprint density at radius 3 is 2.39 bits per heavy atom. The Bertz CT molecular complexity index is 830. The molecule has 0 aliphatic carbocycles. The normalized spacial score (nSPS) is 10.8. The summed E-state index contributed by atoms with van der Waals surface area (Å²) in [6.45, 7) is 0. The lowest BCUT2D eigenvalue weighted by Gasteiger charge is -1.98. The maximum absolute atomic E-state index is 12.4. The van der Waals surface area contributed by atoms with Crippen LogP contribution in [0.3, 0.4) is 0 Å². The molecule has 0 heterocycles. The van der Waals surface area contributed by atoms with Crippen LogP contribution in [0.25, 0.3) is 6.08 Å². The van der Waals surface area contributed by atoms with E-state index in [1.54, 1.807) is 43.5 Å². The van der Waals surface area contributed by atoms with Crippen molar-refractivity contribution >= 4 is 56.7 Å². The van der Waals surface area contributed by atoms with Gasteiger partial charge in [-0.2, -0.15) is 0 Å². The molecule has 1 N–H and O–H groups in total. The topological polar surface area (TPSA) is 46.2 Å². The number of allylic oxidation sites excluding steroid dienone is 1. The summed E-state index contributed by atoms with van der Waals surface area (Å²) in [6.07, 6.45) is 2.89. The second-order valence-electron chi connectivity index (χ2n) is 4.67. The van der Waals surface area contributed by atoms with Crippen molar-refractivity contribution < 1.29 is 4.79 Å². The number of carbonyl (C=O) groups excluding carboxylic acids is 1. The highest BCUT2D eigenvalue weighted by Crippen LogP contribution is 2.20. The third kappa shape index (κ3) is 4.67. The molecule has 2 aromatic rings. The number of benzene rings is 1. The van der Waals surface area contributed by atoms with Gasteiger partial charge < -0.3 is 5.32 Å². The second-order valence-corrected chi connectivity index (χ2v) is 6.46. The molecular formula is C17H12BrCl2NO2. The Balaban J connectivity index is 2.42. The van der Waals surface area contributed by atoms with Crippen LogP contribution in [-0.2, 0) is 0 Å². The molecule has 0 aliphatic rings. The third-order valence-electron chi connectivity index (χ3n) is 3.03. The van der Waals surface area contributed by atoms with Gasteiger partial charge in [0.2, 0.25) is 5.43 Å². The summed E-state index contributed by atoms with van der Waals surface area (Å²) < 4.78 is 0.638. The number of ketones is 1. The molecule has 0 amide bonds. The van der Waals surface area contributed by atoms with Gasteiger partial charge in [0, 0.05) is 21.6 Å². The van der Waals surface area contributed by atoms with E-state index in [-0.39, 0.29) is 11.0 Å². The smallest absolute Gasteiger partial charge is 0.212 e. The predicted molar refractivity (Wildman–Crippen MR) is 99.8 cm³/mol. The summed E-state index contributed by atoms with van der Waals surface area (Å²) in [4.78, 5) is 24.7. The summed E-state index contributed by atoms with van der Waals surface area (Å²) in [6, 6.07) is 9.77. The Morgan fingerprint density at radius 2 is 1.78 bits per heavy atom. The first-order valence-electron chi connectivity index (χ1n) is 6.61. The van der Waals surface area contributed by atoms with Crippen molar-refractivity contribution in [1.82, 2.24) is 0 Å². The van der Waals surface area contributed by atoms with Crippen LogP contribution < -0.4 is 10.7 Å². The monoisotopic (exact) mass is 411 g/mol. The van der Waals surface area contributed by atoms with E-state index in [1.165, 1.54) is 12.1 Å². The Kier molecular flexibility index (Phi) is 5.99. The van der Waals surface area contributed by atoms with E-state index in [0.717, 1.165) is 0 Å². The molecule has 0 atom stereocenters. The molecule has 2 rings (SSSR count). The molecule has 0 saturated carbocycles. The number of nitrogens with one attached hydrogen (secondary N) is 1. The first-order valence-corrected chi connectivity index (χ1v) is 8.15. The summed E-state index contributed by atoms with van der Waals surface area (Å²) in [7, 11) is 1.63. The van der Waals surface area contributed by atoms with Gasteiger partial charge in [-0.1, -0.05) is 45.2 Å². The Hall–Kier alpha value is -1.62. The van der Waals surface area contributed by atoms with Crippen LogP contribution in [0.4, 0.5) is 5.69 Å². The average Bonchev–Trinajstić information content (AvgIpc) is 2.63. The van der Waals surface area contributed by atoms with Gasteiger partial charge in [-0.3, -0.25) is 9.59 Å². The molecule has 2 aromatic carbocycles. The number of halogens is 3. The number of carbonyl (C=O) groups is 1. The van der Waals surface area contributed by atoms with Crippen LogP contribution in [0.5, 0.6) is 0 Å². The number of anilines is 1. The summed E-state index contributed by atoms with van der Waals surface area (Å²) in [5.41, 5.74) is 0.724. The van der Waals surface area contributed by atoms with E-state index in [9.17, 15) is 9.59 Å². The fourth-order valence-corrected chi connectivity index (χ4v) is 2.85. The van der Waals surface area contributed by atoms with Gasteiger partial charge >= 0.3 is 0 Å². The molecule has 23 heavy (non-hydrogen) atoms. The molecule has 0 radical (unpaired) electrons. The van der Waals surface area contributed by atoms with Crippen LogP contribution in [-0.4, -0.2) is 12.8 Å². The average molecular weight is 413 g/mol. The molecule has 0 bridgehead atoms. The van der Waals surface area contributed by atoms with Gasteiger partial charge in [-0.15, -0.1) is 0 Å². The predicted octanol–water partition coefficient (Wildman–Crippen LogP) is 5.05. The van der Waals surface area contributed by atoms with Crippen molar-refractivity contribution in [2.24, 2.45) is 0 Å². The van der Waals surface area contributed by atoms with Crippen molar-refractivity contribution in [2.75, 3.05) is 12.4 Å². The highest BCUT2D eigenvalue weighted by Gasteiger charge is 2.10. The SMILES string of the molecule is CNc1ccc(Br)cc(C(=O)/C=C/c2cc(Cl)cc(Cl)c2)c1=O. The zero-order chi connectivity index (χ0) is 17.0. The van der Waals surface area contributed by atoms with Crippen LogP contribution >= 0.6 is 39.1 Å². The number of hydrogen-bond acceptors (Lipinski definition) is 3. The number of hydrogen-bond donors (Lipinski definition) is 1. The fourth-order valence-electron chi connectivity index (χ4n) is 1.95. The highest BCUT2D eigenvalue weighted by molar-refractivity contribution is 9.10. The van der Waals surface area contributed by atoms with E-state index >= 15 is 0 Å². The quantitative estimate of drug-likeness (QED) is 0.564. The largest absolute Gasteiger partial charge is 0.385 e. The van der Waals surface area contributed by atoms with E-state index in [4.69, 9.17) is 23.2 Å². The van der Waals surface area contributed by atoms with Gasteiger partial charge in [-0.25, -0.2) is 0 Å². The van der Waals surface area contributed by atoms with Crippen molar-refractivity contribution in [3.8, 4) is 0 Å². The zero-order valence-corrected chi connectivity index (χ0v) is 15.2. The van der Waals surface area contributed by atoms with Crippen LogP contribution in [0.2, 0.25) is 10.0 Å². The zero-order valence-electron chi connectivity index (χ0n) is 12.1. The molecule has 0 unspecified atom stereocenters. The standard InChI is InChI=1S/C17H12BrCl2NO2/c1-21-15-4-3-11(18)8-14(17(15)23)16(22)5-2-10-6-12(19)9-13(20)7-10/h2-9H,1H3,(H,21,23)/b5-2+. The van der Waals surface area contributed by atoms with Gasteiger partial charge in [0.15, 0.2) is 5.78 Å². The van der Waals surface area contributed by atoms with Gasteiger partial charge in [0.25, 0.3) is 0 Å². The maximum Gasteiger partial charge on any atom is 0.212 e. The first-order chi connectivity index (χ1) is 10.9.